The van der Waals surface area contributed by atoms with Crippen molar-refractivity contribution in [1.82, 2.24) is 4.90 Å². The van der Waals surface area contributed by atoms with Gasteiger partial charge in [-0.15, -0.1) is 6.58 Å². The number of aliphatic hydroxyl groups is 1. The highest BCUT2D eigenvalue weighted by molar-refractivity contribution is 5.15. The summed E-state index contributed by atoms with van der Waals surface area (Å²) < 4.78 is 18.9. The fourth-order valence-electron chi connectivity index (χ4n) is 3.12. The molecule has 0 saturated heterocycles. The predicted octanol–water partition coefficient (Wildman–Crippen LogP) is 2.99. The van der Waals surface area contributed by atoms with Gasteiger partial charge in [-0.3, -0.25) is 0 Å². The van der Waals surface area contributed by atoms with Crippen LogP contribution in [0.1, 0.15) is 24.8 Å². The Kier molecular flexibility index (Phi) is 5.73. The molecule has 0 aliphatic heterocycles. The SMILES string of the molecule is C=CC1(O)CCC(OCc2ccc(F)cc2)CC1CN(C)C. The van der Waals surface area contributed by atoms with E-state index in [2.05, 4.69) is 11.5 Å². The smallest absolute Gasteiger partial charge is 0.123 e. The van der Waals surface area contributed by atoms with Gasteiger partial charge in [-0.1, -0.05) is 18.2 Å². The van der Waals surface area contributed by atoms with Gasteiger partial charge in [0.05, 0.1) is 18.3 Å². The van der Waals surface area contributed by atoms with Crippen molar-refractivity contribution in [2.24, 2.45) is 5.92 Å². The molecule has 122 valence electrons. The summed E-state index contributed by atoms with van der Waals surface area (Å²) in [5, 5.41) is 10.7. The summed E-state index contributed by atoms with van der Waals surface area (Å²) in [6.45, 7) is 5.08. The monoisotopic (exact) mass is 307 g/mol. The molecule has 0 spiro atoms. The molecule has 3 atom stereocenters. The van der Waals surface area contributed by atoms with Crippen molar-refractivity contribution in [3.63, 3.8) is 0 Å². The Balaban J connectivity index is 1.93. The lowest BCUT2D eigenvalue weighted by Gasteiger charge is -2.42. The van der Waals surface area contributed by atoms with Gasteiger partial charge in [0, 0.05) is 12.5 Å². The quantitative estimate of drug-likeness (QED) is 0.820. The van der Waals surface area contributed by atoms with Crippen LogP contribution in [0.3, 0.4) is 0 Å². The van der Waals surface area contributed by atoms with E-state index in [1.165, 1.54) is 12.1 Å². The molecule has 1 fully saturated rings. The Morgan fingerprint density at radius 1 is 1.41 bits per heavy atom. The van der Waals surface area contributed by atoms with E-state index < -0.39 is 5.60 Å². The topological polar surface area (TPSA) is 32.7 Å². The van der Waals surface area contributed by atoms with E-state index in [1.807, 2.05) is 14.1 Å². The van der Waals surface area contributed by atoms with Crippen molar-refractivity contribution >= 4 is 0 Å². The highest BCUT2D eigenvalue weighted by Gasteiger charge is 2.40. The molecule has 1 N–H and O–H groups in total. The van der Waals surface area contributed by atoms with Crippen molar-refractivity contribution in [2.45, 2.75) is 37.6 Å². The first-order valence-corrected chi connectivity index (χ1v) is 7.79. The second kappa shape index (κ2) is 7.36. The lowest BCUT2D eigenvalue weighted by atomic mass is 9.74. The average molecular weight is 307 g/mol. The highest BCUT2D eigenvalue weighted by Crippen LogP contribution is 2.36. The normalized spacial score (nSPS) is 28.8. The number of hydrogen-bond donors (Lipinski definition) is 1. The zero-order valence-electron chi connectivity index (χ0n) is 13.5. The Hall–Kier alpha value is -1.23. The maximum absolute atomic E-state index is 12.9. The average Bonchev–Trinajstić information content (AvgIpc) is 2.49. The zero-order chi connectivity index (χ0) is 16.2. The molecule has 1 saturated carbocycles. The van der Waals surface area contributed by atoms with Gasteiger partial charge in [0.15, 0.2) is 0 Å². The van der Waals surface area contributed by atoms with Crippen molar-refractivity contribution in [3.05, 3.63) is 48.3 Å². The van der Waals surface area contributed by atoms with Crippen LogP contribution in [0.4, 0.5) is 4.39 Å². The third-order valence-corrected chi connectivity index (χ3v) is 4.46. The lowest BCUT2D eigenvalue weighted by molar-refractivity contribution is -0.0796. The number of nitrogens with zero attached hydrogens (tertiary/aromatic N) is 1. The van der Waals surface area contributed by atoms with Crippen LogP contribution in [-0.2, 0) is 11.3 Å². The summed E-state index contributed by atoms with van der Waals surface area (Å²) in [4.78, 5) is 2.08. The summed E-state index contributed by atoms with van der Waals surface area (Å²) in [6.07, 6.45) is 4.09. The summed E-state index contributed by atoms with van der Waals surface area (Å²) >= 11 is 0. The first-order chi connectivity index (χ1) is 10.4. The Morgan fingerprint density at radius 2 is 2.09 bits per heavy atom. The molecule has 0 aromatic heterocycles. The largest absolute Gasteiger partial charge is 0.385 e. The molecule has 3 nitrogen and oxygen atoms in total. The van der Waals surface area contributed by atoms with Crippen LogP contribution in [0, 0.1) is 11.7 Å². The Morgan fingerprint density at radius 3 is 2.68 bits per heavy atom. The Bertz CT molecular complexity index is 488. The number of rotatable bonds is 6. The van der Waals surface area contributed by atoms with Gasteiger partial charge in [-0.25, -0.2) is 4.39 Å². The molecule has 1 aliphatic rings. The third kappa shape index (κ3) is 4.38. The van der Waals surface area contributed by atoms with Crippen LogP contribution >= 0.6 is 0 Å². The van der Waals surface area contributed by atoms with E-state index in [4.69, 9.17) is 4.74 Å². The standard InChI is InChI=1S/C18H26FNO2/c1-4-18(21)10-9-17(11-15(18)12-20(2)3)22-13-14-5-7-16(19)8-6-14/h4-8,15,17,21H,1,9-13H2,2-3H3. The molecule has 3 unspecified atom stereocenters. The molecule has 0 radical (unpaired) electrons. The zero-order valence-corrected chi connectivity index (χ0v) is 13.5. The molecule has 0 heterocycles. The number of benzene rings is 1. The summed E-state index contributed by atoms with van der Waals surface area (Å²) in [5.41, 5.74) is 0.162. The van der Waals surface area contributed by atoms with E-state index in [-0.39, 0.29) is 17.8 Å². The van der Waals surface area contributed by atoms with Gasteiger partial charge < -0.3 is 14.7 Å². The molecular weight excluding hydrogens is 281 g/mol. The molecule has 4 heteroatoms. The van der Waals surface area contributed by atoms with E-state index in [0.29, 0.717) is 13.0 Å². The maximum atomic E-state index is 12.9. The minimum absolute atomic E-state index is 0.118. The molecule has 1 aromatic rings. The highest BCUT2D eigenvalue weighted by atomic mass is 19.1. The van der Waals surface area contributed by atoms with Gasteiger partial charge >= 0.3 is 0 Å². The van der Waals surface area contributed by atoms with Gasteiger partial charge in [0.1, 0.15) is 5.82 Å². The summed E-state index contributed by atoms with van der Waals surface area (Å²) in [7, 11) is 4.01. The Labute approximate surface area is 132 Å². The minimum Gasteiger partial charge on any atom is -0.385 e. The summed E-state index contributed by atoms with van der Waals surface area (Å²) in [5.74, 6) is -0.115. The van der Waals surface area contributed by atoms with Crippen LogP contribution < -0.4 is 0 Å². The lowest BCUT2D eigenvalue weighted by Crippen LogP contribution is -2.47. The number of ether oxygens (including phenoxy) is 1. The first kappa shape index (κ1) is 17.1. The van der Waals surface area contributed by atoms with Crippen LogP contribution in [0.5, 0.6) is 0 Å². The molecule has 22 heavy (non-hydrogen) atoms. The molecule has 2 rings (SSSR count). The van der Waals surface area contributed by atoms with Crippen molar-refractivity contribution in [2.75, 3.05) is 20.6 Å². The van der Waals surface area contributed by atoms with Crippen LogP contribution in [-0.4, -0.2) is 42.4 Å². The van der Waals surface area contributed by atoms with Crippen LogP contribution in [0.2, 0.25) is 0 Å². The number of halogens is 1. The van der Waals surface area contributed by atoms with Gasteiger partial charge in [-0.2, -0.15) is 0 Å². The van der Waals surface area contributed by atoms with Gasteiger partial charge in [0.25, 0.3) is 0 Å². The molecule has 0 bridgehead atoms. The molecular formula is C18H26FNO2. The van der Waals surface area contributed by atoms with E-state index >= 15 is 0 Å². The second-order valence-corrected chi connectivity index (χ2v) is 6.49. The first-order valence-electron chi connectivity index (χ1n) is 7.79. The van der Waals surface area contributed by atoms with Gasteiger partial charge in [0.2, 0.25) is 0 Å². The van der Waals surface area contributed by atoms with E-state index in [9.17, 15) is 9.50 Å². The predicted molar refractivity (Wildman–Crippen MR) is 86.0 cm³/mol. The molecule has 1 aromatic carbocycles. The molecule has 1 aliphatic carbocycles. The minimum atomic E-state index is -0.806. The second-order valence-electron chi connectivity index (χ2n) is 6.49. The fraction of sp³-hybridized carbons (Fsp3) is 0.556. The van der Waals surface area contributed by atoms with Crippen molar-refractivity contribution < 1.29 is 14.2 Å². The summed E-state index contributed by atoms with van der Waals surface area (Å²) in [6, 6.07) is 6.39. The number of hydrogen-bond acceptors (Lipinski definition) is 3. The maximum Gasteiger partial charge on any atom is 0.123 e. The van der Waals surface area contributed by atoms with Crippen molar-refractivity contribution in [3.8, 4) is 0 Å². The third-order valence-electron chi connectivity index (χ3n) is 4.46. The van der Waals surface area contributed by atoms with E-state index in [1.54, 1.807) is 18.2 Å². The molecule has 0 amide bonds. The van der Waals surface area contributed by atoms with Crippen LogP contribution in [0.15, 0.2) is 36.9 Å². The van der Waals surface area contributed by atoms with Crippen LogP contribution in [0.25, 0.3) is 0 Å². The van der Waals surface area contributed by atoms with Crippen molar-refractivity contribution in [1.29, 1.82) is 0 Å². The van der Waals surface area contributed by atoms with E-state index in [0.717, 1.165) is 24.9 Å². The fourth-order valence-corrected chi connectivity index (χ4v) is 3.12. The van der Waals surface area contributed by atoms with Gasteiger partial charge in [-0.05, 0) is 51.1 Å².